The van der Waals surface area contributed by atoms with Crippen molar-refractivity contribution in [2.75, 3.05) is 40.3 Å². The third kappa shape index (κ3) is 5.52. The summed E-state index contributed by atoms with van der Waals surface area (Å²) in [6.07, 6.45) is 2.63. The van der Waals surface area contributed by atoms with Crippen LogP contribution in [0.4, 0.5) is 0 Å². The van der Waals surface area contributed by atoms with Crippen LogP contribution in [0.2, 0.25) is 0 Å². The van der Waals surface area contributed by atoms with Gasteiger partial charge in [0.15, 0.2) is 6.61 Å². The Balaban J connectivity index is 2.02. The zero-order valence-corrected chi connectivity index (χ0v) is 16.8. The van der Waals surface area contributed by atoms with Crippen molar-refractivity contribution >= 4 is 27.8 Å². The van der Waals surface area contributed by atoms with Gasteiger partial charge in [-0.05, 0) is 31.0 Å². The molecule has 1 aliphatic rings. The van der Waals surface area contributed by atoms with Gasteiger partial charge in [-0.2, -0.15) is 4.31 Å². The summed E-state index contributed by atoms with van der Waals surface area (Å²) in [6, 6.07) is 5.58. The van der Waals surface area contributed by atoms with Crippen LogP contribution < -0.4 is 5.32 Å². The minimum Gasteiger partial charge on any atom is -0.452 e. The molecule has 28 heavy (non-hydrogen) atoms. The molecule has 0 atom stereocenters. The number of sulfonamides is 1. The van der Waals surface area contributed by atoms with E-state index in [9.17, 15) is 22.8 Å². The highest BCUT2D eigenvalue weighted by Gasteiger charge is 2.26. The van der Waals surface area contributed by atoms with Crippen molar-refractivity contribution in [3.05, 3.63) is 29.8 Å². The molecule has 0 bridgehead atoms. The van der Waals surface area contributed by atoms with Crippen molar-refractivity contribution in [1.29, 1.82) is 0 Å². The minimum absolute atomic E-state index is 0.0203. The SMILES string of the molecule is CNC(=O)CN(C)C(=O)COC(=O)c1cccc(S(=O)(=O)N2CCCCC2)c1. The number of nitrogens with zero attached hydrogens (tertiary/aromatic N) is 2. The van der Waals surface area contributed by atoms with Crippen LogP contribution in [0.25, 0.3) is 0 Å². The summed E-state index contributed by atoms with van der Waals surface area (Å²) in [5.41, 5.74) is 0.0415. The van der Waals surface area contributed by atoms with Gasteiger partial charge in [-0.25, -0.2) is 13.2 Å². The number of carbonyl (C=O) groups is 3. The Morgan fingerprint density at radius 2 is 1.86 bits per heavy atom. The van der Waals surface area contributed by atoms with Gasteiger partial charge in [0.1, 0.15) is 0 Å². The molecular formula is C18H25N3O6S. The lowest BCUT2D eigenvalue weighted by Crippen LogP contribution is -2.39. The smallest absolute Gasteiger partial charge is 0.338 e. The van der Waals surface area contributed by atoms with E-state index < -0.39 is 28.5 Å². The molecule has 1 aromatic rings. The second-order valence-electron chi connectivity index (χ2n) is 6.49. The van der Waals surface area contributed by atoms with Crippen LogP contribution in [0, 0.1) is 0 Å². The lowest BCUT2D eigenvalue weighted by Gasteiger charge is -2.26. The van der Waals surface area contributed by atoms with Gasteiger partial charge in [-0.15, -0.1) is 0 Å². The molecular weight excluding hydrogens is 386 g/mol. The van der Waals surface area contributed by atoms with E-state index in [0.29, 0.717) is 13.1 Å². The predicted octanol–water partition coefficient (Wildman–Crippen LogP) is 0.222. The number of hydrogen-bond acceptors (Lipinski definition) is 6. The van der Waals surface area contributed by atoms with Crippen LogP contribution in [-0.4, -0.2) is 75.7 Å². The lowest BCUT2D eigenvalue weighted by atomic mass is 10.2. The van der Waals surface area contributed by atoms with Gasteiger partial charge in [0.05, 0.1) is 17.0 Å². The molecule has 10 heteroatoms. The Hall–Kier alpha value is -2.46. The summed E-state index contributed by atoms with van der Waals surface area (Å²) >= 11 is 0. The molecule has 1 fully saturated rings. The number of ether oxygens (including phenoxy) is 1. The van der Waals surface area contributed by atoms with Gasteiger partial charge < -0.3 is 15.0 Å². The van der Waals surface area contributed by atoms with E-state index in [0.717, 1.165) is 24.2 Å². The fraction of sp³-hybridized carbons (Fsp3) is 0.500. The van der Waals surface area contributed by atoms with Crippen LogP contribution in [-0.2, 0) is 24.3 Å². The Bertz CT molecular complexity index is 833. The first-order chi connectivity index (χ1) is 13.3. The van der Waals surface area contributed by atoms with Crippen LogP contribution in [0.15, 0.2) is 29.2 Å². The number of esters is 1. The fourth-order valence-corrected chi connectivity index (χ4v) is 4.30. The largest absolute Gasteiger partial charge is 0.452 e. The normalized spacial score (nSPS) is 14.9. The Labute approximate surface area is 164 Å². The van der Waals surface area contributed by atoms with E-state index >= 15 is 0 Å². The lowest BCUT2D eigenvalue weighted by molar-refractivity contribution is -0.137. The van der Waals surface area contributed by atoms with Crippen LogP contribution in [0.5, 0.6) is 0 Å². The van der Waals surface area contributed by atoms with Crippen molar-refractivity contribution in [3.63, 3.8) is 0 Å². The second-order valence-corrected chi connectivity index (χ2v) is 8.43. The molecule has 0 radical (unpaired) electrons. The zero-order valence-electron chi connectivity index (χ0n) is 16.0. The van der Waals surface area contributed by atoms with Gasteiger partial charge in [-0.3, -0.25) is 9.59 Å². The molecule has 1 aliphatic heterocycles. The van der Waals surface area contributed by atoms with E-state index in [4.69, 9.17) is 4.74 Å². The van der Waals surface area contributed by atoms with Crippen molar-refractivity contribution in [2.45, 2.75) is 24.2 Å². The number of benzene rings is 1. The molecule has 1 N–H and O–H groups in total. The highest BCUT2D eigenvalue weighted by molar-refractivity contribution is 7.89. The number of nitrogens with one attached hydrogen (secondary N) is 1. The van der Waals surface area contributed by atoms with Crippen LogP contribution in [0.1, 0.15) is 29.6 Å². The average molecular weight is 411 g/mol. The number of hydrogen-bond donors (Lipinski definition) is 1. The number of piperidine rings is 1. The molecule has 2 rings (SSSR count). The molecule has 0 unspecified atom stereocenters. The van der Waals surface area contributed by atoms with Crippen LogP contribution >= 0.6 is 0 Å². The van der Waals surface area contributed by atoms with Gasteiger partial charge in [0.2, 0.25) is 15.9 Å². The van der Waals surface area contributed by atoms with Crippen LogP contribution in [0.3, 0.4) is 0 Å². The number of carbonyl (C=O) groups excluding carboxylic acids is 3. The summed E-state index contributed by atoms with van der Waals surface area (Å²) in [5, 5.41) is 2.39. The van der Waals surface area contributed by atoms with E-state index in [-0.39, 0.29) is 22.9 Å². The first-order valence-corrected chi connectivity index (χ1v) is 10.4. The molecule has 1 aromatic carbocycles. The standard InChI is InChI=1S/C18H25N3O6S/c1-19-16(22)12-20(2)17(23)13-27-18(24)14-7-6-8-15(11-14)28(25,26)21-9-4-3-5-10-21/h6-8,11H,3-5,9-10,12-13H2,1-2H3,(H,19,22). The molecule has 1 heterocycles. The first kappa shape index (κ1) is 21.8. The molecule has 0 aromatic heterocycles. The van der Waals surface area contributed by atoms with Gasteiger partial charge >= 0.3 is 5.97 Å². The predicted molar refractivity (Wildman–Crippen MR) is 101 cm³/mol. The molecule has 0 saturated carbocycles. The molecule has 9 nitrogen and oxygen atoms in total. The topological polar surface area (TPSA) is 113 Å². The zero-order chi connectivity index (χ0) is 20.7. The molecule has 2 amide bonds. The van der Waals surface area contributed by atoms with Gasteiger partial charge in [-0.1, -0.05) is 12.5 Å². The maximum absolute atomic E-state index is 12.7. The van der Waals surface area contributed by atoms with Crippen molar-refractivity contribution < 1.29 is 27.5 Å². The summed E-state index contributed by atoms with van der Waals surface area (Å²) < 4.78 is 31.8. The molecule has 0 aliphatic carbocycles. The maximum atomic E-state index is 12.7. The fourth-order valence-electron chi connectivity index (χ4n) is 2.74. The van der Waals surface area contributed by atoms with Crippen molar-refractivity contribution in [1.82, 2.24) is 14.5 Å². The maximum Gasteiger partial charge on any atom is 0.338 e. The molecule has 1 saturated heterocycles. The number of likely N-dealkylation sites (N-methyl/N-ethyl adjacent to an activating group) is 2. The van der Waals surface area contributed by atoms with Crippen molar-refractivity contribution in [2.24, 2.45) is 0 Å². The third-order valence-electron chi connectivity index (χ3n) is 4.43. The van der Waals surface area contributed by atoms with E-state index in [1.165, 1.54) is 42.7 Å². The van der Waals surface area contributed by atoms with Crippen molar-refractivity contribution in [3.8, 4) is 0 Å². The summed E-state index contributed by atoms with van der Waals surface area (Å²) in [5.74, 6) is -1.70. The Morgan fingerprint density at radius 1 is 1.18 bits per heavy atom. The quantitative estimate of drug-likeness (QED) is 0.643. The highest BCUT2D eigenvalue weighted by Crippen LogP contribution is 2.21. The van der Waals surface area contributed by atoms with Gasteiger partial charge in [0.25, 0.3) is 5.91 Å². The highest BCUT2D eigenvalue weighted by atomic mass is 32.2. The van der Waals surface area contributed by atoms with Gasteiger partial charge in [0, 0.05) is 27.2 Å². The molecule has 0 spiro atoms. The summed E-state index contributed by atoms with van der Waals surface area (Å²) in [4.78, 5) is 36.6. The monoisotopic (exact) mass is 411 g/mol. The van der Waals surface area contributed by atoms with E-state index in [1.807, 2.05) is 0 Å². The number of rotatable bonds is 7. The summed E-state index contributed by atoms with van der Waals surface area (Å²) in [6.45, 7) is 0.220. The first-order valence-electron chi connectivity index (χ1n) is 8.97. The molecule has 154 valence electrons. The number of amides is 2. The second kappa shape index (κ2) is 9.65. The Kier molecular flexibility index (Phi) is 7.53. The Morgan fingerprint density at radius 3 is 2.50 bits per heavy atom. The minimum atomic E-state index is -3.67. The summed E-state index contributed by atoms with van der Waals surface area (Å²) in [7, 11) is -0.809. The average Bonchev–Trinajstić information content (AvgIpc) is 2.72. The van der Waals surface area contributed by atoms with E-state index in [1.54, 1.807) is 0 Å². The third-order valence-corrected chi connectivity index (χ3v) is 6.33. The van der Waals surface area contributed by atoms with E-state index in [2.05, 4.69) is 5.32 Å².